The van der Waals surface area contributed by atoms with Crippen molar-refractivity contribution < 1.29 is 29.3 Å². The number of carbonyl (C=O) groups is 2. The minimum atomic E-state index is -1.11. The first-order valence-corrected chi connectivity index (χ1v) is 6.52. The maximum atomic E-state index is 11.5. The fourth-order valence-electron chi connectivity index (χ4n) is 1.61. The maximum absolute atomic E-state index is 11.5. The van der Waals surface area contributed by atoms with Gasteiger partial charge in [-0.1, -0.05) is 0 Å². The second-order valence-corrected chi connectivity index (χ2v) is 4.74. The maximum Gasteiger partial charge on any atom is 0.330 e. The van der Waals surface area contributed by atoms with Gasteiger partial charge in [-0.05, 0) is 38.8 Å². The van der Waals surface area contributed by atoms with Crippen LogP contribution < -0.4 is 0 Å². The number of cyclic esters (lactones) is 2. The first-order chi connectivity index (χ1) is 9.38. The predicted molar refractivity (Wildman–Crippen MR) is 70.6 cm³/mol. The monoisotopic (exact) mass is 284 g/mol. The molecular formula is C14H20O6. The largest absolute Gasteiger partial charge is 0.460 e. The van der Waals surface area contributed by atoms with Crippen molar-refractivity contribution in [3.05, 3.63) is 24.3 Å². The van der Waals surface area contributed by atoms with E-state index in [2.05, 4.69) is 0 Å². The van der Waals surface area contributed by atoms with Crippen molar-refractivity contribution in [2.45, 2.75) is 51.1 Å². The molecule has 112 valence electrons. The summed E-state index contributed by atoms with van der Waals surface area (Å²) in [6.07, 6.45) is 2.48. The van der Waals surface area contributed by atoms with E-state index in [-0.39, 0.29) is 6.10 Å². The molecule has 6 nitrogen and oxygen atoms in total. The molecule has 1 heterocycles. The van der Waals surface area contributed by atoms with Crippen LogP contribution in [-0.4, -0.2) is 46.6 Å². The van der Waals surface area contributed by atoms with Gasteiger partial charge in [0.05, 0.1) is 12.2 Å². The molecule has 0 spiro atoms. The van der Waals surface area contributed by atoms with Crippen LogP contribution in [0.3, 0.4) is 0 Å². The first-order valence-electron chi connectivity index (χ1n) is 6.52. The molecule has 0 saturated carbocycles. The number of ether oxygens (including phenoxy) is 2. The molecule has 0 fully saturated rings. The van der Waals surface area contributed by atoms with Crippen LogP contribution in [0.15, 0.2) is 24.3 Å². The van der Waals surface area contributed by atoms with Crippen molar-refractivity contribution in [2.24, 2.45) is 0 Å². The van der Waals surface area contributed by atoms with E-state index in [9.17, 15) is 19.8 Å². The van der Waals surface area contributed by atoms with E-state index >= 15 is 0 Å². The van der Waals surface area contributed by atoms with Crippen LogP contribution in [0.4, 0.5) is 0 Å². The summed E-state index contributed by atoms with van der Waals surface area (Å²) in [6, 6.07) is 0. The fraction of sp³-hybridized carbons (Fsp3) is 0.571. The lowest BCUT2D eigenvalue weighted by molar-refractivity contribution is -0.146. The highest BCUT2D eigenvalue weighted by Crippen LogP contribution is 2.09. The first kappa shape index (κ1) is 16.4. The minimum Gasteiger partial charge on any atom is -0.460 e. The highest BCUT2D eigenvalue weighted by molar-refractivity contribution is 5.83. The lowest BCUT2D eigenvalue weighted by Crippen LogP contribution is -2.27. The summed E-state index contributed by atoms with van der Waals surface area (Å²) in [4.78, 5) is 22.9. The number of carbonyl (C=O) groups excluding carboxylic acids is 2. The van der Waals surface area contributed by atoms with Crippen LogP contribution >= 0.6 is 0 Å². The predicted octanol–water partition coefficient (Wildman–Crippen LogP) is 0.478. The van der Waals surface area contributed by atoms with E-state index in [0.29, 0.717) is 12.8 Å². The summed E-state index contributed by atoms with van der Waals surface area (Å²) in [6.45, 7) is 3.21. The summed E-state index contributed by atoms with van der Waals surface area (Å²) in [7, 11) is 0. The van der Waals surface area contributed by atoms with E-state index in [1.807, 2.05) is 0 Å². The average molecular weight is 284 g/mol. The zero-order valence-electron chi connectivity index (χ0n) is 11.6. The quantitative estimate of drug-likeness (QED) is 0.628. The Morgan fingerprint density at radius 3 is 2.30 bits per heavy atom. The highest BCUT2D eigenvalue weighted by Gasteiger charge is 2.17. The van der Waals surface area contributed by atoms with Crippen LogP contribution in [0.2, 0.25) is 0 Å². The number of hydrogen-bond donors (Lipinski definition) is 2. The standard InChI is InChI=1S/C14H20O6/c1-9-3-4-11(15)5-7-14(18)20-10(2)12(16)6-8-13(17)19-9/h5-12,15-16H,3-4H2,1-2H3/b7-5-,8-6-/t9-,10+,11+,12-/m1/s1. The van der Waals surface area contributed by atoms with Crippen LogP contribution in [-0.2, 0) is 19.1 Å². The van der Waals surface area contributed by atoms with Gasteiger partial charge in [-0.15, -0.1) is 0 Å². The molecule has 4 atom stereocenters. The second-order valence-electron chi connectivity index (χ2n) is 4.74. The fourth-order valence-corrected chi connectivity index (χ4v) is 1.61. The molecule has 0 unspecified atom stereocenters. The Bertz CT molecular complexity index is 400. The van der Waals surface area contributed by atoms with Gasteiger partial charge in [-0.2, -0.15) is 0 Å². The number of aliphatic hydroxyl groups is 2. The molecule has 1 aliphatic rings. The van der Waals surface area contributed by atoms with Crippen molar-refractivity contribution in [3.8, 4) is 0 Å². The Labute approximate surface area is 117 Å². The molecule has 0 aromatic heterocycles. The third-order valence-electron chi connectivity index (χ3n) is 2.85. The third-order valence-corrected chi connectivity index (χ3v) is 2.85. The number of esters is 2. The van der Waals surface area contributed by atoms with Crippen molar-refractivity contribution in [1.29, 1.82) is 0 Å². The molecule has 0 amide bonds. The van der Waals surface area contributed by atoms with Crippen LogP contribution in [0.1, 0.15) is 26.7 Å². The van der Waals surface area contributed by atoms with Crippen molar-refractivity contribution in [3.63, 3.8) is 0 Å². The number of rotatable bonds is 0. The molecule has 6 heteroatoms. The van der Waals surface area contributed by atoms with Crippen LogP contribution in [0.5, 0.6) is 0 Å². The van der Waals surface area contributed by atoms with E-state index in [1.54, 1.807) is 6.92 Å². The Balaban J connectivity index is 2.79. The van der Waals surface area contributed by atoms with E-state index in [4.69, 9.17) is 9.47 Å². The van der Waals surface area contributed by atoms with E-state index in [0.717, 1.165) is 12.2 Å². The van der Waals surface area contributed by atoms with Crippen molar-refractivity contribution in [2.75, 3.05) is 0 Å². The lowest BCUT2D eigenvalue weighted by Gasteiger charge is -2.17. The number of aliphatic hydroxyl groups excluding tert-OH is 2. The second kappa shape index (κ2) is 7.81. The Kier molecular flexibility index (Phi) is 6.41. The summed E-state index contributed by atoms with van der Waals surface area (Å²) >= 11 is 0. The summed E-state index contributed by atoms with van der Waals surface area (Å²) in [5.74, 6) is -1.24. The van der Waals surface area contributed by atoms with Gasteiger partial charge in [0.2, 0.25) is 0 Å². The summed E-state index contributed by atoms with van der Waals surface area (Å²) < 4.78 is 9.99. The van der Waals surface area contributed by atoms with Gasteiger partial charge in [0.1, 0.15) is 12.2 Å². The minimum absolute atomic E-state index is 0.361. The van der Waals surface area contributed by atoms with Gasteiger partial charge in [0, 0.05) is 12.2 Å². The third kappa shape index (κ3) is 5.99. The molecule has 0 aromatic rings. The highest BCUT2D eigenvalue weighted by atomic mass is 16.6. The van der Waals surface area contributed by atoms with Gasteiger partial charge in [0.25, 0.3) is 0 Å². The van der Waals surface area contributed by atoms with E-state index < -0.39 is 30.3 Å². The Hall–Kier alpha value is -1.66. The molecular weight excluding hydrogens is 264 g/mol. The normalized spacial score (nSPS) is 36.4. The van der Waals surface area contributed by atoms with Crippen LogP contribution in [0, 0.1) is 0 Å². The van der Waals surface area contributed by atoms with Gasteiger partial charge in [-0.3, -0.25) is 0 Å². The van der Waals surface area contributed by atoms with Gasteiger partial charge in [-0.25, -0.2) is 9.59 Å². The smallest absolute Gasteiger partial charge is 0.330 e. The Morgan fingerprint density at radius 1 is 1.00 bits per heavy atom. The SMILES string of the molecule is C[C@@H]1CC[C@H](O)/C=C\C(=O)O[C@@H](C)[C@H](O)/C=C\C(=O)O1. The number of hydrogen-bond acceptors (Lipinski definition) is 6. The Morgan fingerprint density at radius 2 is 1.60 bits per heavy atom. The molecule has 0 aromatic carbocycles. The zero-order valence-corrected chi connectivity index (χ0v) is 11.6. The molecule has 2 N–H and O–H groups in total. The molecule has 0 aliphatic carbocycles. The van der Waals surface area contributed by atoms with Gasteiger partial charge < -0.3 is 19.7 Å². The van der Waals surface area contributed by atoms with E-state index in [1.165, 1.54) is 19.1 Å². The summed E-state index contributed by atoms with van der Waals surface area (Å²) in [5.41, 5.74) is 0. The summed E-state index contributed by atoms with van der Waals surface area (Å²) in [5, 5.41) is 19.3. The van der Waals surface area contributed by atoms with Crippen molar-refractivity contribution >= 4 is 11.9 Å². The zero-order chi connectivity index (χ0) is 15.1. The van der Waals surface area contributed by atoms with Gasteiger partial charge in [0.15, 0.2) is 0 Å². The average Bonchev–Trinajstić information content (AvgIpc) is 2.39. The molecule has 1 rings (SSSR count). The molecule has 0 radical (unpaired) electrons. The molecule has 0 saturated heterocycles. The molecule has 0 bridgehead atoms. The molecule has 1 aliphatic heterocycles. The van der Waals surface area contributed by atoms with Crippen LogP contribution in [0.25, 0.3) is 0 Å². The van der Waals surface area contributed by atoms with Crippen molar-refractivity contribution in [1.82, 2.24) is 0 Å². The molecule has 20 heavy (non-hydrogen) atoms. The lowest BCUT2D eigenvalue weighted by atomic mass is 10.1. The topological polar surface area (TPSA) is 93.1 Å². The van der Waals surface area contributed by atoms with Gasteiger partial charge >= 0.3 is 11.9 Å².